The third-order valence-electron chi connectivity index (χ3n) is 3.07. The van der Waals surface area contributed by atoms with Crippen molar-refractivity contribution in [3.05, 3.63) is 0 Å². The number of nitrogens with one attached hydrogen (secondary N) is 3. The van der Waals surface area contributed by atoms with E-state index in [4.69, 9.17) is 0 Å². The number of amides is 1. The van der Waals surface area contributed by atoms with Crippen LogP contribution in [0.5, 0.6) is 0 Å². The first kappa shape index (κ1) is 16.4. The van der Waals surface area contributed by atoms with Gasteiger partial charge in [-0.05, 0) is 13.3 Å². The Bertz CT molecular complexity index is 379. The second kappa shape index (κ2) is 7.78. The lowest BCUT2D eigenvalue weighted by Gasteiger charge is -2.26. The molecule has 0 saturated carbocycles. The van der Waals surface area contributed by atoms with Crippen molar-refractivity contribution >= 4 is 16.1 Å². The predicted octanol–water partition coefficient (Wildman–Crippen LogP) is -0.969. The molecule has 1 fully saturated rings. The van der Waals surface area contributed by atoms with Crippen LogP contribution in [0.3, 0.4) is 0 Å². The highest BCUT2D eigenvalue weighted by Crippen LogP contribution is 1.99. The molecule has 0 aromatic rings. The Morgan fingerprint density at radius 1 is 1.37 bits per heavy atom. The van der Waals surface area contributed by atoms with Crippen molar-refractivity contribution < 1.29 is 13.2 Å². The zero-order chi connectivity index (χ0) is 14.3. The summed E-state index contributed by atoms with van der Waals surface area (Å²) in [5, 5.41) is 5.89. The number of carbonyl (C=O) groups excluding carboxylic acids is 1. The standard InChI is InChI=1S/C11H24N4O3S/c1-3-10(2)14-11(16)4-5-13-19(17,18)15-8-6-12-7-9-15/h10,12-13H,3-9H2,1-2H3,(H,14,16). The average Bonchev–Trinajstić information content (AvgIpc) is 2.39. The Morgan fingerprint density at radius 2 is 2.00 bits per heavy atom. The van der Waals surface area contributed by atoms with Gasteiger partial charge in [0, 0.05) is 45.2 Å². The van der Waals surface area contributed by atoms with E-state index in [0.717, 1.165) is 6.42 Å². The molecule has 1 heterocycles. The van der Waals surface area contributed by atoms with Crippen LogP contribution in [0.4, 0.5) is 0 Å². The van der Waals surface area contributed by atoms with E-state index < -0.39 is 10.2 Å². The maximum atomic E-state index is 11.9. The van der Waals surface area contributed by atoms with Gasteiger partial charge in [0.05, 0.1) is 0 Å². The molecule has 1 aliphatic rings. The van der Waals surface area contributed by atoms with Gasteiger partial charge in [-0.1, -0.05) is 6.92 Å². The van der Waals surface area contributed by atoms with E-state index in [1.54, 1.807) is 0 Å². The van der Waals surface area contributed by atoms with E-state index in [0.29, 0.717) is 26.2 Å². The molecule has 0 radical (unpaired) electrons. The lowest BCUT2D eigenvalue weighted by Crippen LogP contribution is -2.50. The van der Waals surface area contributed by atoms with E-state index in [1.807, 2.05) is 13.8 Å². The van der Waals surface area contributed by atoms with Crippen molar-refractivity contribution in [1.29, 1.82) is 0 Å². The van der Waals surface area contributed by atoms with Crippen molar-refractivity contribution in [2.75, 3.05) is 32.7 Å². The van der Waals surface area contributed by atoms with Gasteiger partial charge in [0.2, 0.25) is 5.91 Å². The highest BCUT2D eigenvalue weighted by molar-refractivity contribution is 7.87. The summed E-state index contributed by atoms with van der Waals surface area (Å²) in [7, 11) is -3.45. The minimum absolute atomic E-state index is 0.122. The molecule has 0 bridgehead atoms. The Kier molecular flexibility index (Phi) is 6.70. The van der Waals surface area contributed by atoms with Gasteiger partial charge in [-0.3, -0.25) is 4.79 Å². The monoisotopic (exact) mass is 292 g/mol. The van der Waals surface area contributed by atoms with E-state index in [1.165, 1.54) is 4.31 Å². The minimum atomic E-state index is -3.45. The molecular weight excluding hydrogens is 268 g/mol. The van der Waals surface area contributed by atoms with E-state index in [-0.39, 0.29) is 24.9 Å². The second-order valence-electron chi connectivity index (χ2n) is 4.68. The molecule has 8 heteroatoms. The molecule has 0 aromatic carbocycles. The summed E-state index contributed by atoms with van der Waals surface area (Å²) in [5.74, 6) is -0.127. The van der Waals surface area contributed by atoms with E-state index in [2.05, 4.69) is 15.4 Å². The molecule has 3 N–H and O–H groups in total. The van der Waals surface area contributed by atoms with Gasteiger partial charge in [-0.25, -0.2) is 4.72 Å². The summed E-state index contributed by atoms with van der Waals surface area (Å²) in [6, 6.07) is 0.122. The van der Waals surface area contributed by atoms with Crippen LogP contribution >= 0.6 is 0 Å². The number of piperazine rings is 1. The van der Waals surface area contributed by atoms with Crippen LogP contribution in [0.25, 0.3) is 0 Å². The zero-order valence-corrected chi connectivity index (χ0v) is 12.4. The molecule has 7 nitrogen and oxygen atoms in total. The smallest absolute Gasteiger partial charge is 0.279 e. The quantitative estimate of drug-likeness (QED) is 0.563. The highest BCUT2D eigenvalue weighted by Gasteiger charge is 2.23. The van der Waals surface area contributed by atoms with E-state index >= 15 is 0 Å². The summed E-state index contributed by atoms with van der Waals surface area (Å²) in [5.41, 5.74) is 0. The number of carbonyl (C=O) groups is 1. The Hall–Kier alpha value is -0.700. The van der Waals surface area contributed by atoms with Gasteiger partial charge in [-0.2, -0.15) is 12.7 Å². The Labute approximate surface area is 115 Å². The highest BCUT2D eigenvalue weighted by atomic mass is 32.2. The first-order chi connectivity index (χ1) is 8.95. The van der Waals surface area contributed by atoms with Crippen LogP contribution in [0, 0.1) is 0 Å². The molecule has 1 saturated heterocycles. The summed E-state index contributed by atoms with van der Waals surface area (Å²) in [6.07, 6.45) is 1.02. The van der Waals surface area contributed by atoms with Crippen LogP contribution < -0.4 is 15.4 Å². The van der Waals surface area contributed by atoms with Gasteiger partial charge in [0.1, 0.15) is 0 Å². The van der Waals surface area contributed by atoms with Crippen LogP contribution in [-0.2, 0) is 15.0 Å². The fraction of sp³-hybridized carbons (Fsp3) is 0.909. The number of nitrogens with zero attached hydrogens (tertiary/aromatic N) is 1. The maximum Gasteiger partial charge on any atom is 0.279 e. The topological polar surface area (TPSA) is 90.5 Å². The van der Waals surface area contributed by atoms with Crippen molar-refractivity contribution in [3.63, 3.8) is 0 Å². The Balaban J connectivity index is 2.29. The number of hydrogen-bond donors (Lipinski definition) is 3. The van der Waals surface area contributed by atoms with Gasteiger partial charge >= 0.3 is 0 Å². The van der Waals surface area contributed by atoms with Gasteiger partial charge in [-0.15, -0.1) is 0 Å². The van der Waals surface area contributed by atoms with Gasteiger partial charge < -0.3 is 10.6 Å². The zero-order valence-electron chi connectivity index (χ0n) is 11.6. The average molecular weight is 292 g/mol. The largest absolute Gasteiger partial charge is 0.354 e. The second-order valence-corrected chi connectivity index (χ2v) is 6.43. The van der Waals surface area contributed by atoms with Crippen molar-refractivity contribution in [3.8, 4) is 0 Å². The molecule has 1 amide bonds. The van der Waals surface area contributed by atoms with Crippen molar-refractivity contribution in [2.24, 2.45) is 0 Å². The third-order valence-corrected chi connectivity index (χ3v) is 4.69. The van der Waals surface area contributed by atoms with Crippen LogP contribution in [0.2, 0.25) is 0 Å². The van der Waals surface area contributed by atoms with Gasteiger partial charge in [0.25, 0.3) is 10.2 Å². The normalized spacial score (nSPS) is 19.1. The molecule has 1 rings (SSSR count). The maximum absolute atomic E-state index is 11.9. The predicted molar refractivity (Wildman–Crippen MR) is 73.9 cm³/mol. The molecular formula is C11H24N4O3S. The van der Waals surface area contributed by atoms with Crippen LogP contribution in [-0.4, -0.2) is 57.4 Å². The van der Waals surface area contributed by atoms with Crippen molar-refractivity contribution in [2.45, 2.75) is 32.7 Å². The fourth-order valence-electron chi connectivity index (χ4n) is 1.72. The molecule has 1 atom stereocenters. The third kappa shape index (κ3) is 5.85. The van der Waals surface area contributed by atoms with E-state index in [9.17, 15) is 13.2 Å². The number of hydrogen-bond acceptors (Lipinski definition) is 4. The lowest BCUT2D eigenvalue weighted by atomic mass is 10.2. The lowest BCUT2D eigenvalue weighted by molar-refractivity contribution is -0.121. The summed E-state index contributed by atoms with van der Waals surface area (Å²) >= 11 is 0. The summed E-state index contributed by atoms with van der Waals surface area (Å²) in [6.45, 7) is 6.29. The minimum Gasteiger partial charge on any atom is -0.354 e. The molecule has 112 valence electrons. The molecule has 19 heavy (non-hydrogen) atoms. The summed E-state index contributed by atoms with van der Waals surface area (Å²) < 4.78 is 27.7. The number of rotatable bonds is 7. The fourth-order valence-corrected chi connectivity index (χ4v) is 2.92. The SMILES string of the molecule is CCC(C)NC(=O)CCNS(=O)(=O)N1CCNCC1. The molecule has 1 unspecified atom stereocenters. The van der Waals surface area contributed by atoms with Crippen LogP contribution in [0.15, 0.2) is 0 Å². The molecule has 0 aliphatic carbocycles. The molecule has 0 aromatic heterocycles. The first-order valence-electron chi connectivity index (χ1n) is 6.70. The van der Waals surface area contributed by atoms with Crippen molar-refractivity contribution in [1.82, 2.24) is 19.7 Å². The molecule has 0 spiro atoms. The van der Waals surface area contributed by atoms with Gasteiger partial charge in [0.15, 0.2) is 0 Å². The Morgan fingerprint density at radius 3 is 2.58 bits per heavy atom. The first-order valence-corrected chi connectivity index (χ1v) is 8.14. The van der Waals surface area contributed by atoms with Crippen LogP contribution in [0.1, 0.15) is 26.7 Å². The summed E-state index contributed by atoms with van der Waals surface area (Å²) in [4.78, 5) is 11.5. The molecule has 1 aliphatic heterocycles.